The van der Waals surface area contributed by atoms with E-state index in [0.717, 1.165) is 0 Å². The number of thiophene rings is 2. The van der Waals surface area contributed by atoms with Crippen LogP contribution in [0, 0.1) is 27.7 Å². The van der Waals surface area contributed by atoms with Crippen molar-refractivity contribution in [2.45, 2.75) is 80.1 Å². The molecule has 24 heavy (non-hydrogen) atoms. The highest BCUT2D eigenvalue weighted by atomic mass is 32.1. The molecule has 0 saturated heterocycles. The van der Waals surface area contributed by atoms with Gasteiger partial charge >= 0.3 is 0 Å². The molecule has 0 N–H and O–H groups in total. The maximum absolute atomic E-state index is 2.37. The van der Waals surface area contributed by atoms with Gasteiger partial charge in [0.25, 0.3) is 0 Å². The Balaban J connectivity index is 2.76. The molecule has 3 rings (SSSR count). The molecule has 0 saturated carbocycles. The van der Waals surface area contributed by atoms with Gasteiger partial charge in [-0.25, -0.2) is 0 Å². The van der Waals surface area contributed by atoms with Gasteiger partial charge in [-0.05, 0) is 60.8 Å². The minimum absolute atomic E-state index is 0.148. The summed E-state index contributed by atoms with van der Waals surface area (Å²) in [7, 11) is 0. The monoisotopic (exact) mass is 358 g/mol. The number of fused-ring (bicyclic) bond motifs is 2. The van der Waals surface area contributed by atoms with Crippen LogP contribution in [-0.4, -0.2) is 0 Å². The summed E-state index contributed by atoms with van der Waals surface area (Å²) in [5.74, 6) is 0. The van der Waals surface area contributed by atoms with Crippen LogP contribution in [0.15, 0.2) is 0 Å². The molecule has 0 atom stereocenters. The van der Waals surface area contributed by atoms with E-state index in [1.807, 2.05) is 22.7 Å². The van der Waals surface area contributed by atoms with E-state index in [1.165, 1.54) is 41.1 Å². The van der Waals surface area contributed by atoms with Crippen LogP contribution in [0.1, 0.15) is 73.6 Å². The van der Waals surface area contributed by atoms with E-state index < -0.39 is 0 Å². The zero-order valence-corrected chi connectivity index (χ0v) is 18.4. The van der Waals surface area contributed by atoms with Crippen molar-refractivity contribution in [3.63, 3.8) is 0 Å². The third-order valence-electron chi connectivity index (χ3n) is 5.22. The fraction of sp³-hybridized carbons (Fsp3) is 0.545. The molecule has 130 valence electrons. The van der Waals surface area contributed by atoms with Gasteiger partial charge in [0.2, 0.25) is 0 Å². The van der Waals surface area contributed by atoms with Crippen molar-refractivity contribution in [2.24, 2.45) is 0 Å². The lowest BCUT2D eigenvalue weighted by Gasteiger charge is -2.28. The summed E-state index contributed by atoms with van der Waals surface area (Å²) >= 11 is 4.00. The van der Waals surface area contributed by atoms with Crippen molar-refractivity contribution in [3.05, 3.63) is 32.0 Å². The number of benzene rings is 1. The van der Waals surface area contributed by atoms with Crippen LogP contribution in [-0.2, 0) is 10.8 Å². The molecule has 0 aliphatic carbocycles. The summed E-state index contributed by atoms with van der Waals surface area (Å²) in [5, 5.41) is 3.06. The molecule has 0 unspecified atom stereocenters. The van der Waals surface area contributed by atoms with Crippen molar-refractivity contribution < 1.29 is 0 Å². The average molecular weight is 359 g/mol. The van der Waals surface area contributed by atoms with Crippen molar-refractivity contribution in [2.75, 3.05) is 0 Å². The van der Waals surface area contributed by atoms with Crippen molar-refractivity contribution in [1.82, 2.24) is 0 Å². The molecule has 0 nitrogen and oxygen atoms in total. The largest absolute Gasteiger partial charge is 0.140 e. The summed E-state index contributed by atoms with van der Waals surface area (Å²) in [5.41, 5.74) is 6.38. The molecule has 2 aromatic heterocycles. The van der Waals surface area contributed by atoms with Gasteiger partial charge in [0.05, 0.1) is 0 Å². The molecule has 0 aliphatic rings. The Kier molecular flexibility index (Phi) is 3.98. The molecular formula is C22H30S2. The normalized spacial score (nSPS) is 13.4. The smallest absolute Gasteiger partial charge is 0.0395 e. The summed E-state index contributed by atoms with van der Waals surface area (Å²) in [6.07, 6.45) is 0. The molecule has 0 fully saturated rings. The molecule has 0 aliphatic heterocycles. The predicted molar refractivity (Wildman–Crippen MR) is 114 cm³/mol. The van der Waals surface area contributed by atoms with Gasteiger partial charge in [0.1, 0.15) is 0 Å². The van der Waals surface area contributed by atoms with Crippen LogP contribution in [0.25, 0.3) is 20.2 Å². The highest BCUT2D eigenvalue weighted by Crippen LogP contribution is 2.51. The lowest BCUT2D eigenvalue weighted by atomic mass is 9.77. The lowest BCUT2D eigenvalue weighted by Crippen LogP contribution is -2.16. The Labute approximate surface area is 154 Å². The van der Waals surface area contributed by atoms with Crippen molar-refractivity contribution >= 4 is 42.8 Å². The van der Waals surface area contributed by atoms with Gasteiger partial charge in [0.15, 0.2) is 0 Å². The molecule has 0 radical (unpaired) electrons. The molecule has 2 heterocycles. The third-order valence-corrected chi connectivity index (χ3v) is 7.67. The minimum Gasteiger partial charge on any atom is -0.140 e. The van der Waals surface area contributed by atoms with Gasteiger partial charge in [-0.15, -0.1) is 22.7 Å². The van der Waals surface area contributed by atoms with E-state index in [1.54, 1.807) is 11.1 Å². The van der Waals surface area contributed by atoms with Gasteiger partial charge in [-0.1, -0.05) is 41.5 Å². The Morgan fingerprint density at radius 1 is 0.542 bits per heavy atom. The maximum atomic E-state index is 2.37. The first-order chi connectivity index (χ1) is 10.9. The van der Waals surface area contributed by atoms with E-state index in [2.05, 4.69) is 69.2 Å². The van der Waals surface area contributed by atoms with Gasteiger partial charge in [-0.2, -0.15) is 0 Å². The second-order valence-corrected chi connectivity index (χ2v) is 11.7. The molecule has 0 spiro atoms. The second kappa shape index (κ2) is 5.32. The fourth-order valence-corrected chi connectivity index (χ4v) is 6.72. The highest BCUT2D eigenvalue weighted by molar-refractivity contribution is 7.21. The van der Waals surface area contributed by atoms with Crippen LogP contribution >= 0.6 is 22.7 Å². The molecule has 0 amide bonds. The Bertz CT molecular complexity index is 870. The topological polar surface area (TPSA) is 0 Å². The average Bonchev–Trinajstić information content (AvgIpc) is 2.84. The van der Waals surface area contributed by atoms with Crippen LogP contribution in [0.4, 0.5) is 0 Å². The summed E-state index contributed by atoms with van der Waals surface area (Å²) < 4.78 is 3.05. The second-order valence-electron chi connectivity index (χ2n) is 9.22. The summed E-state index contributed by atoms with van der Waals surface area (Å²) in [4.78, 5) is 2.93. The standard InChI is InChI=1S/C22H30S2/c1-11-13(3)23-19-15(11)17(21(5,6)7)20-16(12(2)14(4)24-20)18(19)22(8,9)10/h1-10H3. The first-order valence-corrected chi connectivity index (χ1v) is 10.4. The predicted octanol–water partition coefficient (Wildman–Crippen LogP) is 7.94. The van der Waals surface area contributed by atoms with Crippen LogP contribution in [0.5, 0.6) is 0 Å². The third kappa shape index (κ3) is 2.45. The Morgan fingerprint density at radius 3 is 1.08 bits per heavy atom. The number of hydrogen-bond donors (Lipinski definition) is 0. The van der Waals surface area contributed by atoms with E-state index in [4.69, 9.17) is 0 Å². The molecule has 2 heteroatoms. The fourth-order valence-electron chi connectivity index (χ4n) is 3.87. The van der Waals surface area contributed by atoms with Crippen molar-refractivity contribution in [3.8, 4) is 0 Å². The van der Waals surface area contributed by atoms with Crippen molar-refractivity contribution in [1.29, 1.82) is 0 Å². The van der Waals surface area contributed by atoms with E-state index in [-0.39, 0.29) is 10.8 Å². The number of rotatable bonds is 0. The van der Waals surface area contributed by atoms with Crippen LogP contribution < -0.4 is 0 Å². The first-order valence-electron chi connectivity index (χ1n) is 8.82. The van der Waals surface area contributed by atoms with Gasteiger partial charge in [-0.3, -0.25) is 0 Å². The number of hydrogen-bond acceptors (Lipinski definition) is 2. The molecule has 3 aromatic rings. The number of aryl methyl sites for hydroxylation is 4. The quantitative estimate of drug-likeness (QED) is 0.382. The molecule has 0 bridgehead atoms. The molecule has 1 aromatic carbocycles. The minimum atomic E-state index is 0.148. The zero-order valence-electron chi connectivity index (χ0n) is 16.8. The van der Waals surface area contributed by atoms with E-state index in [0.29, 0.717) is 0 Å². The maximum Gasteiger partial charge on any atom is 0.0395 e. The molecular weight excluding hydrogens is 328 g/mol. The Morgan fingerprint density at radius 2 is 0.833 bits per heavy atom. The summed E-state index contributed by atoms with van der Waals surface area (Å²) in [6, 6.07) is 0. The summed E-state index contributed by atoms with van der Waals surface area (Å²) in [6.45, 7) is 23.4. The zero-order chi connectivity index (χ0) is 18.2. The Hall–Kier alpha value is -0.860. The van der Waals surface area contributed by atoms with Gasteiger partial charge in [0, 0.05) is 29.9 Å². The van der Waals surface area contributed by atoms with E-state index >= 15 is 0 Å². The SMILES string of the molecule is Cc1sc2c(C(C)(C)C)c3c(C)c(C)sc3c(C(C)(C)C)c2c1C. The van der Waals surface area contributed by atoms with Gasteiger partial charge < -0.3 is 0 Å². The first kappa shape index (κ1) is 17.9. The highest BCUT2D eigenvalue weighted by Gasteiger charge is 2.31. The van der Waals surface area contributed by atoms with E-state index in [9.17, 15) is 0 Å². The van der Waals surface area contributed by atoms with Crippen LogP contribution in [0.3, 0.4) is 0 Å². The van der Waals surface area contributed by atoms with Crippen LogP contribution in [0.2, 0.25) is 0 Å². The lowest BCUT2D eigenvalue weighted by molar-refractivity contribution is 0.594.